The predicted octanol–water partition coefficient (Wildman–Crippen LogP) is 4.63. The SMILES string of the molecule is COc1ccc(C)cc1NC(=O)c1ccc(COc2ccc(C(C)=O)cc2)o1. The summed E-state index contributed by atoms with van der Waals surface area (Å²) >= 11 is 0. The van der Waals surface area contributed by atoms with Gasteiger partial charge in [0.15, 0.2) is 11.5 Å². The highest BCUT2D eigenvalue weighted by atomic mass is 16.5. The number of benzene rings is 2. The normalized spacial score (nSPS) is 10.4. The van der Waals surface area contributed by atoms with Crippen LogP contribution in [-0.2, 0) is 6.61 Å². The Labute approximate surface area is 163 Å². The van der Waals surface area contributed by atoms with Crippen LogP contribution in [0.5, 0.6) is 11.5 Å². The minimum Gasteiger partial charge on any atom is -0.495 e. The fourth-order valence-electron chi connectivity index (χ4n) is 2.62. The lowest BCUT2D eigenvalue weighted by Gasteiger charge is -2.10. The van der Waals surface area contributed by atoms with Crippen molar-refractivity contribution in [2.75, 3.05) is 12.4 Å². The first-order valence-corrected chi connectivity index (χ1v) is 8.75. The molecule has 0 saturated heterocycles. The Bertz CT molecular complexity index is 988. The van der Waals surface area contributed by atoms with E-state index in [1.807, 2.05) is 19.1 Å². The van der Waals surface area contributed by atoms with E-state index in [0.29, 0.717) is 28.5 Å². The molecule has 6 heteroatoms. The van der Waals surface area contributed by atoms with Crippen molar-refractivity contribution in [2.45, 2.75) is 20.5 Å². The maximum absolute atomic E-state index is 12.4. The molecule has 0 bridgehead atoms. The summed E-state index contributed by atoms with van der Waals surface area (Å²) < 4.78 is 16.5. The highest BCUT2D eigenvalue weighted by Crippen LogP contribution is 2.26. The van der Waals surface area contributed by atoms with Crippen LogP contribution < -0.4 is 14.8 Å². The molecule has 0 fully saturated rings. The van der Waals surface area contributed by atoms with E-state index in [1.54, 1.807) is 49.6 Å². The van der Waals surface area contributed by atoms with E-state index in [-0.39, 0.29) is 24.1 Å². The van der Waals surface area contributed by atoms with E-state index in [0.717, 1.165) is 5.56 Å². The second-order valence-electron chi connectivity index (χ2n) is 6.29. The summed E-state index contributed by atoms with van der Waals surface area (Å²) in [5.41, 5.74) is 2.20. The fraction of sp³-hybridized carbons (Fsp3) is 0.182. The van der Waals surface area contributed by atoms with Gasteiger partial charge in [0.05, 0.1) is 12.8 Å². The molecular formula is C22H21NO5. The number of methoxy groups -OCH3 is 1. The monoisotopic (exact) mass is 379 g/mol. The van der Waals surface area contributed by atoms with Gasteiger partial charge >= 0.3 is 0 Å². The minimum absolute atomic E-state index is 0.00141. The van der Waals surface area contributed by atoms with Crippen molar-refractivity contribution < 1.29 is 23.5 Å². The first kappa shape index (κ1) is 19.2. The zero-order valence-corrected chi connectivity index (χ0v) is 15.9. The first-order chi connectivity index (χ1) is 13.5. The highest BCUT2D eigenvalue weighted by Gasteiger charge is 2.14. The summed E-state index contributed by atoms with van der Waals surface area (Å²) in [6.07, 6.45) is 0. The molecular weight excluding hydrogens is 358 g/mol. The highest BCUT2D eigenvalue weighted by molar-refractivity contribution is 6.03. The van der Waals surface area contributed by atoms with E-state index in [4.69, 9.17) is 13.9 Å². The van der Waals surface area contributed by atoms with Crippen molar-refractivity contribution >= 4 is 17.4 Å². The Morgan fingerprint density at radius 1 is 1.04 bits per heavy atom. The molecule has 0 radical (unpaired) electrons. The van der Waals surface area contributed by atoms with Crippen LogP contribution in [-0.4, -0.2) is 18.8 Å². The number of hydrogen-bond donors (Lipinski definition) is 1. The van der Waals surface area contributed by atoms with Gasteiger partial charge < -0.3 is 19.2 Å². The van der Waals surface area contributed by atoms with Gasteiger partial charge in [0.25, 0.3) is 5.91 Å². The number of carbonyl (C=O) groups is 2. The van der Waals surface area contributed by atoms with E-state index < -0.39 is 0 Å². The summed E-state index contributed by atoms with van der Waals surface area (Å²) in [7, 11) is 1.55. The van der Waals surface area contributed by atoms with Gasteiger partial charge in [0, 0.05) is 5.56 Å². The zero-order chi connectivity index (χ0) is 20.1. The maximum Gasteiger partial charge on any atom is 0.291 e. The van der Waals surface area contributed by atoms with Crippen molar-refractivity contribution in [3.05, 3.63) is 77.2 Å². The number of ether oxygens (including phenoxy) is 2. The Morgan fingerprint density at radius 2 is 1.79 bits per heavy atom. The molecule has 2 aromatic carbocycles. The summed E-state index contributed by atoms with van der Waals surface area (Å²) in [5.74, 6) is 1.49. The van der Waals surface area contributed by atoms with Crippen molar-refractivity contribution in [1.82, 2.24) is 0 Å². The number of anilines is 1. The van der Waals surface area contributed by atoms with Crippen molar-refractivity contribution in [3.63, 3.8) is 0 Å². The van der Waals surface area contributed by atoms with E-state index in [1.165, 1.54) is 6.92 Å². The summed E-state index contributed by atoms with van der Waals surface area (Å²) in [6.45, 7) is 3.61. The quantitative estimate of drug-likeness (QED) is 0.606. The molecule has 1 heterocycles. The average molecular weight is 379 g/mol. The van der Waals surface area contributed by atoms with Crippen LogP contribution in [0.3, 0.4) is 0 Å². The fourth-order valence-corrected chi connectivity index (χ4v) is 2.62. The molecule has 6 nitrogen and oxygen atoms in total. The molecule has 0 unspecified atom stereocenters. The van der Waals surface area contributed by atoms with Crippen molar-refractivity contribution in [1.29, 1.82) is 0 Å². The van der Waals surface area contributed by atoms with E-state index in [2.05, 4.69) is 5.32 Å². The number of Topliss-reactive ketones (excluding diaryl/α,β-unsaturated/α-hetero) is 1. The van der Waals surface area contributed by atoms with Gasteiger partial charge in [-0.2, -0.15) is 0 Å². The maximum atomic E-state index is 12.4. The van der Waals surface area contributed by atoms with Crippen LogP contribution in [0.4, 0.5) is 5.69 Å². The zero-order valence-electron chi connectivity index (χ0n) is 15.9. The Kier molecular flexibility index (Phi) is 5.79. The molecule has 3 rings (SSSR count). The number of ketones is 1. The minimum atomic E-state index is -0.374. The molecule has 144 valence electrons. The molecule has 3 aromatic rings. The van der Waals surface area contributed by atoms with Gasteiger partial charge in [-0.3, -0.25) is 9.59 Å². The third-order valence-corrected chi connectivity index (χ3v) is 4.13. The molecule has 0 spiro atoms. The number of hydrogen-bond acceptors (Lipinski definition) is 5. The third kappa shape index (κ3) is 4.59. The van der Waals surface area contributed by atoms with Gasteiger partial charge in [0.1, 0.15) is 23.9 Å². The van der Waals surface area contributed by atoms with Crippen LogP contribution >= 0.6 is 0 Å². The number of aryl methyl sites for hydroxylation is 1. The van der Waals surface area contributed by atoms with Crippen molar-refractivity contribution in [3.8, 4) is 11.5 Å². The van der Waals surface area contributed by atoms with Gasteiger partial charge in [-0.1, -0.05) is 6.07 Å². The van der Waals surface area contributed by atoms with Gasteiger partial charge in [-0.15, -0.1) is 0 Å². The lowest BCUT2D eigenvalue weighted by Crippen LogP contribution is -2.12. The molecule has 0 aliphatic rings. The van der Waals surface area contributed by atoms with Crippen LogP contribution in [0.25, 0.3) is 0 Å². The smallest absolute Gasteiger partial charge is 0.291 e. The van der Waals surface area contributed by atoms with Gasteiger partial charge in [-0.05, 0) is 67.9 Å². The molecule has 0 atom stereocenters. The molecule has 1 N–H and O–H groups in total. The molecule has 1 amide bonds. The summed E-state index contributed by atoms with van der Waals surface area (Å²) in [4.78, 5) is 23.7. The van der Waals surface area contributed by atoms with Crippen LogP contribution in [0.1, 0.15) is 39.2 Å². The van der Waals surface area contributed by atoms with E-state index in [9.17, 15) is 9.59 Å². The Morgan fingerprint density at radius 3 is 2.46 bits per heavy atom. The number of furan rings is 1. The van der Waals surface area contributed by atoms with Crippen molar-refractivity contribution in [2.24, 2.45) is 0 Å². The molecule has 0 saturated carbocycles. The number of amides is 1. The van der Waals surface area contributed by atoms with E-state index >= 15 is 0 Å². The lowest BCUT2D eigenvalue weighted by atomic mass is 10.1. The van der Waals surface area contributed by atoms with Crippen LogP contribution in [0.15, 0.2) is 59.0 Å². The largest absolute Gasteiger partial charge is 0.495 e. The third-order valence-electron chi connectivity index (χ3n) is 4.13. The van der Waals surface area contributed by atoms with Gasteiger partial charge in [0.2, 0.25) is 0 Å². The lowest BCUT2D eigenvalue weighted by molar-refractivity contribution is 0.0990. The predicted molar refractivity (Wildman–Crippen MR) is 105 cm³/mol. The first-order valence-electron chi connectivity index (χ1n) is 8.75. The number of nitrogens with one attached hydrogen (secondary N) is 1. The standard InChI is InChI=1S/C22H21NO5/c1-14-4-10-20(26-3)19(12-14)23-22(25)21-11-9-18(28-21)13-27-17-7-5-16(6-8-17)15(2)24/h4-12H,13H2,1-3H3,(H,23,25). The molecule has 28 heavy (non-hydrogen) atoms. The Balaban J connectivity index is 1.62. The summed E-state index contributed by atoms with van der Waals surface area (Å²) in [5, 5.41) is 2.79. The topological polar surface area (TPSA) is 77.8 Å². The second kappa shape index (κ2) is 8.43. The summed E-state index contributed by atoms with van der Waals surface area (Å²) in [6, 6.07) is 15.6. The molecule has 0 aliphatic carbocycles. The second-order valence-corrected chi connectivity index (χ2v) is 6.29. The number of carbonyl (C=O) groups excluding carboxylic acids is 2. The molecule has 1 aromatic heterocycles. The average Bonchev–Trinajstić information content (AvgIpc) is 3.16. The number of rotatable bonds is 7. The van der Waals surface area contributed by atoms with Crippen LogP contribution in [0.2, 0.25) is 0 Å². The van der Waals surface area contributed by atoms with Gasteiger partial charge in [-0.25, -0.2) is 0 Å². The Hall–Kier alpha value is -3.54. The van der Waals surface area contributed by atoms with Crippen LogP contribution in [0, 0.1) is 6.92 Å². The molecule has 0 aliphatic heterocycles.